The summed E-state index contributed by atoms with van der Waals surface area (Å²) in [7, 11) is -1.56. The van der Waals surface area contributed by atoms with E-state index in [0.29, 0.717) is 5.56 Å². The van der Waals surface area contributed by atoms with Gasteiger partial charge in [-0.15, -0.1) is 10.2 Å². The van der Waals surface area contributed by atoms with Gasteiger partial charge in [0, 0.05) is 5.56 Å². The molecule has 1 unspecified atom stereocenters. The highest BCUT2D eigenvalue weighted by atomic mass is 35.5. The highest BCUT2D eigenvalue weighted by Crippen LogP contribution is 2.23. The number of ether oxygens (including phenoxy) is 1. The van der Waals surface area contributed by atoms with Crippen molar-refractivity contribution in [1.82, 2.24) is 10.2 Å². The lowest BCUT2D eigenvalue weighted by molar-refractivity contribution is 0.265. The van der Waals surface area contributed by atoms with Crippen LogP contribution >= 0.6 is 19.9 Å². The molecule has 1 atom stereocenters. The number of aromatic nitrogens is 2. The van der Waals surface area contributed by atoms with Crippen molar-refractivity contribution in [3.63, 3.8) is 0 Å². The maximum absolute atomic E-state index is 10.3. The monoisotopic (exact) mass is 238 g/mol. The van der Waals surface area contributed by atoms with E-state index in [1.165, 1.54) is 13.2 Å². The zero-order valence-electron chi connectivity index (χ0n) is 7.23. The molecule has 0 radical (unpaired) electrons. The number of nitrogens with zero attached hydrogens (tertiary/aromatic N) is 2. The molecule has 0 saturated carbocycles. The minimum absolute atomic E-state index is 0.0906. The Balaban J connectivity index is 2.82. The third-order valence-electron chi connectivity index (χ3n) is 1.35. The van der Waals surface area contributed by atoms with Crippen molar-refractivity contribution < 1.29 is 18.7 Å². The quantitative estimate of drug-likeness (QED) is 0.789. The van der Waals surface area contributed by atoms with Crippen molar-refractivity contribution in [1.29, 1.82) is 0 Å². The molecule has 1 aromatic heterocycles. The molecular formula is C6H8ClN2O4P. The lowest BCUT2D eigenvalue weighted by atomic mass is 10.3. The van der Waals surface area contributed by atoms with Crippen LogP contribution in [0, 0.1) is 0 Å². The Morgan fingerprint density at radius 1 is 1.64 bits per heavy atom. The van der Waals surface area contributed by atoms with E-state index in [0.717, 1.165) is 0 Å². The maximum atomic E-state index is 10.3. The molecule has 0 bridgehead atoms. The molecule has 1 rings (SSSR count). The second-order valence-corrected chi connectivity index (χ2v) is 3.46. The molecule has 6 nitrogen and oxygen atoms in total. The van der Waals surface area contributed by atoms with Gasteiger partial charge < -0.3 is 14.2 Å². The van der Waals surface area contributed by atoms with E-state index in [-0.39, 0.29) is 17.6 Å². The van der Waals surface area contributed by atoms with Gasteiger partial charge in [0.15, 0.2) is 5.15 Å². The van der Waals surface area contributed by atoms with Gasteiger partial charge in [0.1, 0.15) is 0 Å². The first-order valence-electron chi connectivity index (χ1n) is 3.55. The third kappa shape index (κ3) is 3.23. The van der Waals surface area contributed by atoms with Crippen LogP contribution in [0.15, 0.2) is 6.07 Å². The van der Waals surface area contributed by atoms with Gasteiger partial charge in [-0.25, -0.2) is 0 Å². The summed E-state index contributed by atoms with van der Waals surface area (Å²) >= 11 is 5.57. The molecule has 0 aliphatic carbocycles. The zero-order valence-corrected chi connectivity index (χ0v) is 8.98. The second-order valence-electron chi connectivity index (χ2n) is 2.26. The lowest BCUT2D eigenvalue weighted by Gasteiger charge is -2.05. The van der Waals surface area contributed by atoms with Crippen LogP contribution in [0.25, 0.3) is 0 Å². The van der Waals surface area contributed by atoms with Crippen LogP contribution < -0.4 is 4.74 Å². The van der Waals surface area contributed by atoms with Gasteiger partial charge in [-0.05, 0) is 6.07 Å². The largest absolute Gasteiger partial charge is 0.480 e. The zero-order chi connectivity index (χ0) is 10.6. The highest BCUT2D eigenvalue weighted by Gasteiger charge is 2.07. The average Bonchev–Trinajstić information content (AvgIpc) is 2.15. The first-order valence-corrected chi connectivity index (χ1v) is 5.19. The molecule has 0 spiro atoms. The van der Waals surface area contributed by atoms with Gasteiger partial charge in [0.05, 0.1) is 13.7 Å². The number of hydrogen-bond donors (Lipinski definition) is 1. The molecule has 0 aromatic carbocycles. The number of methoxy groups -OCH3 is 1. The van der Waals surface area contributed by atoms with Crippen molar-refractivity contribution >= 4 is 19.9 Å². The molecule has 0 aliphatic rings. The molecule has 78 valence electrons. The van der Waals surface area contributed by atoms with E-state index in [2.05, 4.69) is 14.7 Å². The number of rotatable bonds is 4. The summed E-state index contributed by atoms with van der Waals surface area (Å²) in [5.74, 6) is 0.220. The fraction of sp³-hybridized carbons (Fsp3) is 0.333. The van der Waals surface area contributed by atoms with E-state index in [1.54, 1.807) is 0 Å². The van der Waals surface area contributed by atoms with Crippen LogP contribution in [0.5, 0.6) is 5.88 Å². The molecule has 0 aliphatic heterocycles. The van der Waals surface area contributed by atoms with Gasteiger partial charge in [-0.3, -0.25) is 4.57 Å². The summed E-state index contributed by atoms with van der Waals surface area (Å²) < 4.78 is 19.7. The van der Waals surface area contributed by atoms with Crippen LogP contribution in [0.4, 0.5) is 0 Å². The molecule has 8 heteroatoms. The fourth-order valence-electron chi connectivity index (χ4n) is 0.807. The molecule has 1 heterocycles. The predicted octanol–water partition coefficient (Wildman–Crippen LogP) is 1.04. The lowest BCUT2D eigenvalue weighted by Crippen LogP contribution is -1.98. The predicted molar refractivity (Wildman–Crippen MR) is 49.6 cm³/mol. The van der Waals surface area contributed by atoms with Crippen LogP contribution in [-0.4, -0.2) is 22.2 Å². The summed E-state index contributed by atoms with van der Waals surface area (Å²) in [5, 5.41) is 7.33. The van der Waals surface area contributed by atoms with Crippen LogP contribution in [-0.2, 0) is 15.7 Å². The van der Waals surface area contributed by atoms with Crippen LogP contribution in [0.3, 0.4) is 0 Å². The highest BCUT2D eigenvalue weighted by molar-refractivity contribution is 7.32. The first kappa shape index (κ1) is 11.4. The van der Waals surface area contributed by atoms with Crippen molar-refractivity contribution in [2.75, 3.05) is 7.11 Å². The summed E-state index contributed by atoms with van der Waals surface area (Å²) in [6, 6.07) is 1.46. The Hall–Kier alpha value is -0.680. The molecule has 0 amide bonds. The molecule has 0 saturated heterocycles. The molecule has 14 heavy (non-hydrogen) atoms. The van der Waals surface area contributed by atoms with E-state index < -0.39 is 8.25 Å². The summed E-state index contributed by atoms with van der Waals surface area (Å²) in [5.41, 5.74) is 0.472. The molecule has 1 N–H and O–H groups in total. The Labute approximate surface area is 85.8 Å². The Bertz CT molecular complexity index is 349. The summed E-state index contributed by atoms with van der Waals surface area (Å²) in [4.78, 5) is 8.46. The van der Waals surface area contributed by atoms with E-state index in [9.17, 15) is 4.57 Å². The number of hydrogen-bond acceptors (Lipinski definition) is 5. The Kier molecular flexibility index (Phi) is 4.28. The normalized spacial score (nSPS) is 12.5. The van der Waals surface area contributed by atoms with Crippen molar-refractivity contribution in [2.24, 2.45) is 0 Å². The Morgan fingerprint density at radius 2 is 2.36 bits per heavy atom. The van der Waals surface area contributed by atoms with E-state index in [4.69, 9.17) is 21.2 Å². The number of halogens is 1. The third-order valence-corrected chi connectivity index (χ3v) is 1.92. The van der Waals surface area contributed by atoms with E-state index >= 15 is 0 Å². The molecule has 1 aromatic rings. The average molecular weight is 239 g/mol. The molecule has 0 fully saturated rings. The van der Waals surface area contributed by atoms with Crippen LogP contribution in [0.1, 0.15) is 5.56 Å². The first-order chi connectivity index (χ1) is 6.63. The topological polar surface area (TPSA) is 81.5 Å². The van der Waals surface area contributed by atoms with Crippen molar-refractivity contribution in [2.45, 2.75) is 6.61 Å². The maximum Gasteiger partial charge on any atom is 0.316 e. The SMILES string of the molecule is COc1nnc(Cl)cc1CO[PH](=O)O. The van der Waals surface area contributed by atoms with Gasteiger partial charge in [0.25, 0.3) is 0 Å². The van der Waals surface area contributed by atoms with Gasteiger partial charge in [0.2, 0.25) is 5.88 Å². The molecular weight excluding hydrogens is 231 g/mol. The second kappa shape index (κ2) is 5.26. The van der Waals surface area contributed by atoms with E-state index in [1.807, 2.05) is 0 Å². The van der Waals surface area contributed by atoms with Gasteiger partial charge in [-0.1, -0.05) is 11.6 Å². The smallest absolute Gasteiger partial charge is 0.316 e. The van der Waals surface area contributed by atoms with Gasteiger partial charge >= 0.3 is 8.25 Å². The minimum atomic E-state index is -2.97. The van der Waals surface area contributed by atoms with Gasteiger partial charge in [-0.2, -0.15) is 0 Å². The minimum Gasteiger partial charge on any atom is -0.480 e. The summed E-state index contributed by atoms with van der Waals surface area (Å²) in [6.07, 6.45) is 0. The van der Waals surface area contributed by atoms with Crippen molar-refractivity contribution in [3.8, 4) is 5.88 Å². The summed E-state index contributed by atoms with van der Waals surface area (Å²) in [6.45, 7) is -0.0906. The van der Waals surface area contributed by atoms with Crippen LogP contribution in [0.2, 0.25) is 5.15 Å². The fourth-order valence-corrected chi connectivity index (χ4v) is 1.26. The Morgan fingerprint density at radius 3 is 2.93 bits per heavy atom. The standard InChI is InChI=1S/C6H8ClN2O4P/c1-12-6-4(3-13-14(10)11)2-5(7)8-9-6/h2,14H,3H2,1H3,(H,10,11). The van der Waals surface area contributed by atoms with Crippen molar-refractivity contribution in [3.05, 3.63) is 16.8 Å².